The Morgan fingerprint density at radius 3 is 2.69 bits per heavy atom. The van der Waals surface area contributed by atoms with E-state index in [4.69, 9.17) is 14.2 Å². The molecular formula is C25H25F2N3O5. The Bertz CT molecular complexity index is 1170. The highest BCUT2D eigenvalue weighted by molar-refractivity contribution is 6.07. The zero-order chi connectivity index (χ0) is 24.8. The zero-order valence-corrected chi connectivity index (χ0v) is 19.3. The molecule has 0 aliphatic carbocycles. The van der Waals surface area contributed by atoms with Crippen molar-refractivity contribution >= 4 is 23.1 Å². The molecule has 0 saturated heterocycles. The molecule has 8 nitrogen and oxygen atoms in total. The van der Waals surface area contributed by atoms with Gasteiger partial charge in [0.25, 0.3) is 5.91 Å². The highest BCUT2D eigenvalue weighted by Gasteiger charge is 2.27. The van der Waals surface area contributed by atoms with Gasteiger partial charge in [-0.25, -0.2) is 4.98 Å². The van der Waals surface area contributed by atoms with Crippen LogP contribution in [0.2, 0.25) is 0 Å². The van der Waals surface area contributed by atoms with Gasteiger partial charge in [-0.05, 0) is 48.5 Å². The molecule has 0 radical (unpaired) electrons. The number of pyridine rings is 1. The lowest BCUT2D eigenvalue weighted by atomic mass is 10.1. The van der Waals surface area contributed by atoms with Crippen LogP contribution in [0.5, 0.6) is 17.2 Å². The zero-order valence-electron chi connectivity index (χ0n) is 19.3. The van der Waals surface area contributed by atoms with Crippen LogP contribution in [0.1, 0.15) is 17.3 Å². The van der Waals surface area contributed by atoms with E-state index >= 15 is 0 Å². The largest absolute Gasteiger partial charge is 0.489 e. The summed E-state index contributed by atoms with van der Waals surface area (Å²) in [6.07, 6.45) is -1.62. The second-order valence-corrected chi connectivity index (χ2v) is 7.71. The van der Waals surface area contributed by atoms with Crippen molar-refractivity contribution in [2.75, 3.05) is 43.7 Å². The van der Waals surface area contributed by atoms with E-state index < -0.39 is 12.0 Å². The first-order valence-electron chi connectivity index (χ1n) is 10.9. The first kappa shape index (κ1) is 24.2. The van der Waals surface area contributed by atoms with Crippen LogP contribution >= 0.6 is 0 Å². The average molecular weight is 485 g/mol. The van der Waals surface area contributed by atoms with E-state index in [1.807, 2.05) is 17.0 Å². The molecule has 0 atom stereocenters. The lowest BCUT2D eigenvalue weighted by molar-refractivity contribution is -0.158. The summed E-state index contributed by atoms with van der Waals surface area (Å²) in [5, 5.41) is 2.76. The van der Waals surface area contributed by atoms with Crippen molar-refractivity contribution < 1.29 is 32.5 Å². The second-order valence-electron chi connectivity index (χ2n) is 7.71. The van der Waals surface area contributed by atoms with Crippen LogP contribution in [0, 0.1) is 0 Å². The van der Waals surface area contributed by atoms with Crippen molar-refractivity contribution in [2.24, 2.45) is 0 Å². The van der Waals surface area contributed by atoms with Gasteiger partial charge in [0.2, 0.25) is 0 Å². The van der Waals surface area contributed by atoms with E-state index in [0.717, 1.165) is 0 Å². The number of carbonyl (C=O) groups is 1. The number of amides is 1. The minimum Gasteiger partial charge on any atom is -0.489 e. The van der Waals surface area contributed by atoms with Gasteiger partial charge in [-0.15, -0.1) is 0 Å². The molecule has 0 spiro atoms. The number of anilines is 3. The fourth-order valence-corrected chi connectivity index (χ4v) is 3.59. The first-order valence-corrected chi connectivity index (χ1v) is 10.9. The Hall–Kier alpha value is -3.92. The minimum absolute atomic E-state index is 0.00884. The van der Waals surface area contributed by atoms with Crippen LogP contribution in [0.15, 0.2) is 60.8 Å². The number of aromatic nitrogens is 1. The van der Waals surface area contributed by atoms with E-state index in [0.29, 0.717) is 67.5 Å². The van der Waals surface area contributed by atoms with Gasteiger partial charge in [0.15, 0.2) is 17.3 Å². The summed E-state index contributed by atoms with van der Waals surface area (Å²) >= 11 is 0. The third kappa shape index (κ3) is 5.96. The molecule has 10 heteroatoms. The van der Waals surface area contributed by atoms with Gasteiger partial charge in [-0.3, -0.25) is 4.79 Å². The fourth-order valence-electron chi connectivity index (χ4n) is 3.59. The quantitative estimate of drug-likeness (QED) is 0.433. The number of methoxy groups -OCH3 is 1. The summed E-state index contributed by atoms with van der Waals surface area (Å²) in [5.74, 6) is 1.19. The summed E-state index contributed by atoms with van der Waals surface area (Å²) in [4.78, 5) is 19.5. The number of benzene rings is 2. The molecule has 2 aromatic carbocycles. The molecule has 35 heavy (non-hydrogen) atoms. The maximum absolute atomic E-state index is 13.1. The number of hydrogen-bond acceptors (Lipinski definition) is 7. The van der Waals surface area contributed by atoms with Crippen LogP contribution in [0.3, 0.4) is 0 Å². The molecule has 4 rings (SSSR count). The molecule has 0 unspecified atom stereocenters. The van der Waals surface area contributed by atoms with Gasteiger partial charge < -0.3 is 29.2 Å². The molecule has 1 aromatic heterocycles. The van der Waals surface area contributed by atoms with Crippen molar-refractivity contribution in [1.82, 2.24) is 4.98 Å². The Labute approximate surface area is 201 Å². The molecule has 2 heterocycles. The average Bonchev–Trinajstić information content (AvgIpc) is 2.84. The van der Waals surface area contributed by atoms with Gasteiger partial charge in [-0.2, -0.15) is 8.78 Å². The predicted molar refractivity (Wildman–Crippen MR) is 126 cm³/mol. The maximum Gasteiger partial charge on any atom is 0.394 e. The molecule has 1 aliphatic rings. The Balaban J connectivity index is 1.56. The van der Waals surface area contributed by atoms with E-state index in [2.05, 4.69) is 15.0 Å². The smallest absolute Gasteiger partial charge is 0.394 e. The van der Waals surface area contributed by atoms with Gasteiger partial charge >= 0.3 is 6.11 Å². The lowest BCUT2D eigenvalue weighted by Crippen LogP contribution is -2.31. The van der Waals surface area contributed by atoms with Crippen molar-refractivity contribution in [3.63, 3.8) is 0 Å². The van der Waals surface area contributed by atoms with Crippen molar-refractivity contribution in [3.8, 4) is 17.2 Å². The molecule has 1 N–H and O–H groups in total. The van der Waals surface area contributed by atoms with Gasteiger partial charge in [0.1, 0.15) is 19.0 Å². The van der Waals surface area contributed by atoms with Crippen molar-refractivity contribution in [2.45, 2.75) is 13.0 Å². The minimum atomic E-state index is -3.29. The van der Waals surface area contributed by atoms with Crippen molar-refractivity contribution in [3.05, 3.63) is 66.4 Å². The second kappa shape index (κ2) is 10.6. The molecule has 184 valence electrons. The molecule has 0 fully saturated rings. The van der Waals surface area contributed by atoms with Crippen LogP contribution in [-0.2, 0) is 4.74 Å². The van der Waals surface area contributed by atoms with Gasteiger partial charge in [0, 0.05) is 25.9 Å². The van der Waals surface area contributed by atoms with E-state index in [9.17, 15) is 13.6 Å². The molecule has 1 amide bonds. The third-order valence-electron chi connectivity index (χ3n) is 5.05. The molecule has 0 saturated carbocycles. The number of alkyl halides is 2. The fraction of sp³-hybridized carbons (Fsp3) is 0.280. The Kier molecular flexibility index (Phi) is 7.31. The standard InChI is InChI=1S/C25H25F2N3O5/c1-25(26,27)35-18-10-8-17(9-11-18)29-24(31)19-5-3-6-20-22(19)34-14-13-30(20)23-21(7-4-12-28-23)33-16-15-32-2/h3-12H,13-16H2,1-2H3,(H,29,31). The van der Waals surface area contributed by atoms with Crippen LogP contribution < -0.4 is 24.4 Å². The van der Waals surface area contributed by atoms with E-state index in [-0.39, 0.29) is 5.75 Å². The molecule has 1 aliphatic heterocycles. The molecule has 0 bridgehead atoms. The lowest BCUT2D eigenvalue weighted by Gasteiger charge is -2.32. The predicted octanol–water partition coefficient (Wildman–Crippen LogP) is 4.88. The molecular weight excluding hydrogens is 460 g/mol. The first-order chi connectivity index (χ1) is 16.9. The van der Waals surface area contributed by atoms with Crippen LogP contribution in [-0.4, -0.2) is 50.5 Å². The number of halogens is 2. The number of rotatable bonds is 9. The maximum atomic E-state index is 13.1. The number of hydrogen-bond donors (Lipinski definition) is 1. The summed E-state index contributed by atoms with van der Waals surface area (Å²) in [6.45, 7) is 2.31. The Morgan fingerprint density at radius 2 is 1.94 bits per heavy atom. The van der Waals surface area contributed by atoms with Crippen LogP contribution in [0.4, 0.5) is 26.0 Å². The van der Waals surface area contributed by atoms with Crippen molar-refractivity contribution in [1.29, 1.82) is 0 Å². The number of carbonyl (C=O) groups excluding carboxylic acids is 1. The van der Waals surface area contributed by atoms with Crippen LogP contribution in [0.25, 0.3) is 0 Å². The number of nitrogens with zero attached hydrogens (tertiary/aromatic N) is 2. The van der Waals surface area contributed by atoms with Gasteiger partial charge in [0.05, 0.1) is 24.4 Å². The van der Waals surface area contributed by atoms with E-state index in [1.165, 1.54) is 24.3 Å². The highest BCUT2D eigenvalue weighted by atomic mass is 19.3. The summed E-state index contributed by atoms with van der Waals surface area (Å²) in [6, 6.07) is 14.6. The summed E-state index contributed by atoms with van der Waals surface area (Å²) < 4.78 is 47.4. The summed E-state index contributed by atoms with van der Waals surface area (Å²) in [7, 11) is 1.60. The topological polar surface area (TPSA) is 82.2 Å². The normalized spacial score (nSPS) is 13.0. The number of nitrogens with one attached hydrogen (secondary N) is 1. The Morgan fingerprint density at radius 1 is 1.14 bits per heavy atom. The number of fused-ring (bicyclic) bond motifs is 1. The summed E-state index contributed by atoms with van der Waals surface area (Å²) in [5.41, 5.74) is 1.42. The monoisotopic (exact) mass is 485 g/mol. The molecule has 3 aromatic rings. The number of para-hydroxylation sites is 1. The highest BCUT2D eigenvalue weighted by Crippen LogP contribution is 2.41. The SMILES string of the molecule is COCCOc1cccnc1N1CCOc2c(C(=O)Nc3ccc(OC(C)(F)F)cc3)cccc21. The van der Waals surface area contributed by atoms with E-state index in [1.54, 1.807) is 31.5 Å². The number of ether oxygens (including phenoxy) is 4. The third-order valence-corrected chi connectivity index (χ3v) is 5.05. The van der Waals surface area contributed by atoms with Gasteiger partial charge in [-0.1, -0.05) is 6.07 Å².